The van der Waals surface area contributed by atoms with E-state index in [0.717, 1.165) is 6.07 Å². The van der Waals surface area contributed by atoms with Gasteiger partial charge in [-0.25, -0.2) is 23.0 Å². The number of guanidine groups is 1. The lowest BCUT2D eigenvalue weighted by atomic mass is 9.99. The average molecular weight is 517 g/mol. The molecule has 2 N–H and O–H groups in total. The molecule has 4 rings (SSSR count). The lowest BCUT2D eigenvalue weighted by Crippen LogP contribution is -2.58. The molecule has 0 aliphatic carbocycles. The smallest absolute Gasteiger partial charge is 0.308 e. The largest absolute Gasteiger partial charge is 0.330 e. The van der Waals surface area contributed by atoms with Crippen LogP contribution < -0.4 is 15.9 Å². The number of benzene rings is 2. The number of halogens is 4. The number of fused-ring (bicyclic) bond motifs is 1. The van der Waals surface area contributed by atoms with E-state index in [2.05, 4.69) is 21.9 Å². The van der Waals surface area contributed by atoms with Gasteiger partial charge in [0.1, 0.15) is 23.1 Å². The first kappa shape index (κ1) is 25.4. The predicted molar refractivity (Wildman–Crippen MR) is 132 cm³/mol. The Kier molecular flexibility index (Phi) is 6.90. The van der Waals surface area contributed by atoms with Crippen LogP contribution in [0.3, 0.4) is 0 Å². The predicted octanol–water partition coefficient (Wildman–Crippen LogP) is 4.22. The van der Waals surface area contributed by atoms with Gasteiger partial charge < -0.3 is 5.41 Å². The standard InChI is InChI=1S/C25H24ClF3N6O/c1-12-5-16-7-23(21(29)9-22(16)31-14(12)3)32-24-33-25(36)35(10-13(2)30)15(4)34(24)11-17-6-18(26)20(28)8-19(17)27/h5-9,12,14,30H,4,10-11H2,1-3H3,(H,32,33,36). The molecule has 36 heavy (non-hydrogen) atoms. The third-order valence-electron chi connectivity index (χ3n) is 6.02. The molecular formula is C25H24ClF3N6O. The molecule has 188 valence electrons. The number of rotatable bonds is 5. The van der Waals surface area contributed by atoms with Crippen LogP contribution in [-0.2, 0) is 6.54 Å². The Morgan fingerprint density at radius 3 is 2.58 bits per heavy atom. The quantitative estimate of drug-likeness (QED) is 0.460. The van der Waals surface area contributed by atoms with Gasteiger partial charge in [-0.3, -0.25) is 20.1 Å². The number of urea groups is 1. The van der Waals surface area contributed by atoms with E-state index in [-0.39, 0.29) is 58.8 Å². The van der Waals surface area contributed by atoms with Gasteiger partial charge in [0.2, 0.25) is 5.96 Å². The Morgan fingerprint density at radius 1 is 1.17 bits per heavy atom. The number of amides is 2. The molecular weight excluding hydrogens is 493 g/mol. The van der Waals surface area contributed by atoms with Crippen LogP contribution in [0.25, 0.3) is 6.08 Å². The topological polar surface area (TPSA) is 84.2 Å². The van der Waals surface area contributed by atoms with Gasteiger partial charge >= 0.3 is 6.03 Å². The molecule has 0 spiro atoms. The van der Waals surface area contributed by atoms with Crippen molar-refractivity contribution < 1.29 is 18.0 Å². The molecule has 2 atom stereocenters. The molecule has 1 fully saturated rings. The van der Waals surface area contributed by atoms with E-state index in [1.165, 1.54) is 28.9 Å². The normalized spacial score (nSPS) is 20.6. The summed E-state index contributed by atoms with van der Waals surface area (Å²) in [6.07, 6.45) is 1.97. The molecule has 2 aromatic rings. The highest BCUT2D eigenvalue weighted by Gasteiger charge is 2.33. The highest BCUT2D eigenvalue weighted by molar-refractivity contribution is 6.30. The summed E-state index contributed by atoms with van der Waals surface area (Å²) in [5.41, 5.74) is 0.106. The first-order valence-corrected chi connectivity index (χ1v) is 11.5. The summed E-state index contributed by atoms with van der Waals surface area (Å²) >= 11 is 5.85. The van der Waals surface area contributed by atoms with Crippen LogP contribution in [0, 0.1) is 28.8 Å². The van der Waals surface area contributed by atoms with Gasteiger partial charge in [0.15, 0.2) is 5.82 Å². The Morgan fingerprint density at radius 2 is 1.89 bits per heavy atom. The average Bonchev–Trinajstić information content (AvgIpc) is 2.79. The van der Waals surface area contributed by atoms with Gasteiger partial charge in [0.05, 0.1) is 29.5 Å². The van der Waals surface area contributed by atoms with Crippen molar-refractivity contribution >= 4 is 41.1 Å². The zero-order valence-corrected chi connectivity index (χ0v) is 20.6. The van der Waals surface area contributed by atoms with Crippen LogP contribution >= 0.6 is 11.6 Å². The van der Waals surface area contributed by atoms with E-state index in [9.17, 15) is 13.6 Å². The fourth-order valence-electron chi connectivity index (χ4n) is 3.90. The number of hydrogen-bond acceptors (Lipinski definition) is 4. The van der Waals surface area contributed by atoms with Crippen molar-refractivity contribution in [3.05, 3.63) is 75.3 Å². The number of nitrogens with one attached hydrogen (secondary N) is 2. The first-order valence-electron chi connectivity index (χ1n) is 11.1. The second-order valence-electron chi connectivity index (χ2n) is 8.85. The zero-order valence-electron chi connectivity index (χ0n) is 19.9. The molecule has 2 aliphatic heterocycles. The molecule has 2 unspecified atom stereocenters. The third-order valence-corrected chi connectivity index (χ3v) is 6.31. The number of carbonyl (C=O) groups is 1. The van der Waals surface area contributed by atoms with E-state index in [4.69, 9.17) is 17.0 Å². The maximum absolute atomic E-state index is 15.0. The van der Waals surface area contributed by atoms with Crippen molar-refractivity contribution in [1.82, 2.24) is 15.1 Å². The first-order chi connectivity index (χ1) is 16.9. The fourth-order valence-corrected chi connectivity index (χ4v) is 4.08. The van der Waals surface area contributed by atoms with Crippen molar-refractivity contribution in [3.63, 3.8) is 0 Å². The van der Waals surface area contributed by atoms with Crippen LogP contribution in [0.2, 0.25) is 5.02 Å². The van der Waals surface area contributed by atoms with Crippen molar-refractivity contribution in [2.75, 3.05) is 6.54 Å². The van der Waals surface area contributed by atoms with Gasteiger partial charge in [-0.15, -0.1) is 0 Å². The Hall–Kier alpha value is -3.66. The number of hydrogen-bond donors (Lipinski definition) is 2. The van der Waals surface area contributed by atoms with Gasteiger partial charge in [-0.2, -0.15) is 0 Å². The van der Waals surface area contributed by atoms with Gasteiger partial charge in [0.25, 0.3) is 0 Å². The van der Waals surface area contributed by atoms with Crippen LogP contribution in [0.1, 0.15) is 26.3 Å². The minimum atomic E-state index is -0.917. The van der Waals surface area contributed by atoms with Crippen molar-refractivity contribution in [1.29, 1.82) is 5.41 Å². The summed E-state index contributed by atoms with van der Waals surface area (Å²) in [5, 5.41) is 11.3. The summed E-state index contributed by atoms with van der Waals surface area (Å²) in [6, 6.07) is 3.96. The lowest BCUT2D eigenvalue weighted by Gasteiger charge is -2.39. The number of carbonyl (C=O) groups excluding carboxylic acids is 1. The third kappa shape index (κ3) is 4.99. The van der Waals surface area contributed by atoms with Gasteiger partial charge in [0, 0.05) is 23.4 Å². The highest BCUT2D eigenvalue weighted by atomic mass is 35.5. The second-order valence-corrected chi connectivity index (χ2v) is 9.26. The molecule has 11 heteroatoms. The van der Waals surface area contributed by atoms with E-state index in [1.54, 1.807) is 0 Å². The Bertz CT molecular complexity index is 1440. The Balaban J connectivity index is 1.81. The summed E-state index contributed by atoms with van der Waals surface area (Å²) < 4.78 is 43.3. The summed E-state index contributed by atoms with van der Waals surface area (Å²) in [7, 11) is 0. The minimum Gasteiger partial charge on any atom is -0.308 e. The van der Waals surface area contributed by atoms with E-state index < -0.39 is 23.5 Å². The maximum atomic E-state index is 15.0. The second kappa shape index (κ2) is 9.77. The van der Waals surface area contributed by atoms with Crippen LogP contribution in [0.4, 0.5) is 23.7 Å². The molecule has 2 aliphatic rings. The Labute approximate surface area is 210 Å². The fraction of sp³-hybridized carbons (Fsp3) is 0.280. The molecule has 0 bridgehead atoms. The van der Waals surface area contributed by atoms with Crippen molar-refractivity contribution in [2.24, 2.45) is 15.9 Å². The minimum absolute atomic E-state index is 0.00113. The van der Waals surface area contributed by atoms with E-state index in [0.29, 0.717) is 16.6 Å². The summed E-state index contributed by atoms with van der Waals surface area (Å²) in [6.45, 7) is 9.04. The van der Waals surface area contributed by atoms with Gasteiger partial charge in [-0.05, 0) is 37.1 Å². The molecule has 2 heterocycles. The number of nitrogens with zero attached hydrogens (tertiary/aromatic N) is 4. The molecule has 0 saturated carbocycles. The van der Waals surface area contributed by atoms with Crippen LogP contribution in [0.5, 0.6) is 0 Å². The maximum Gasteiger partial charge on any atom is 0.330 e. The molecule has 7 nitrogen and oxygen atoms in total. The monoisotopic (exact) mass is 516 g/mol. The van der Waals surface area contributed by atoms with Gasteiger partial charge in [-0.1, -0.05) is 31.2 Å². The van der Waals surface area contributed by atoms with Crippen molar-refractivity contribution in [3.8, 4) is 0 Å². The lowest BCUT2D eigenvalue weighted by molar-refractivity contribution is 0.198. The highest BCUT2D eigenvalue weighted by Crippen LogP contribution is 2.26. The van der Waals surface area contributed by atoms with Crippen LogP contribution in [-0.4, -0.2) is 40.1 Å². The summed E-state index contributed by atoms with van der Waals surface area (Å²) in [4.78, 5) is 24.1. The SMILES string of the molecule is C=C1N(CC(C)=N)C(=O)NC(=Nc2cc3c(cc2F)=NC(C)C(C)C=3)N1Cc1cc(Cl)c(F)cc1F. The number of aliphatic imine (C=N–C) groups is 1. The van der Waals surface area contributed by atoms with Crippen molar-refractivity contribution in [2.45, 2.75) is 33.4 Å². The molecule has 2 amide bonds. The van der Waals surface area contributed by atoms with E-state index >= 15 is 4.39 Å². The molecule has 0 aromatic heterocycles. The summed E-state index contributed by atoms with van der Waals surface area (Å²) in [5.74, 6) is -2.34. The molecule has 2 aromatic carbocycles. The van der Waals surface area contributed by atoms with E-state index in [1.807, 2.05) is 19.9 Å². The van der Waals surface area contributed by atoms with Crippen LogP contribution in [0.15, 0.2) is 46.7 Å². The molecule has 1 saturated heterocycles. The zero-order chi connectivity index (χ0) is 26.3. The molecule has 0 radical (unpaired) electrons.